The highest BCUT2D eigenvalue weighted by Gasteiger charge is 2.24. The maximum atomic E-state index is 12.7. The van der Waals surface area contributed by atoms with E-state index in [0.29, 0.717) is 28.7 Å². The Hall–Kier alpha value is -4.67. The highest BCUT2D eigenvalue weighted by Crippen LogP contribution is 2.42. The topological polar surface area (TPSA) is 125 Å². The summed E-state index contributed by atoms with van der Waals surface area (Å²) >= 11 is 0. The largest absolute Gasteiger partial charge is 0.505 e. The predicted octanol–water partition coefficient (Wildman–Crippen LogP) is 8.60. The smallest absolute Gasteiger partial charge is 0.299 e. The van der Waals surface area contributed by atoms with Gasteiger partial charge in [0, 0.05) is 23.0 Å². The SMILES string of the molecule is CCNc1ccc2c(O)c(N=Nc3ccc(N=Nc4cccc5ccccc45)c(C)c3)c(S(=O)(=O)OC)cc2c1. The van der Waals surface area contributed by atoms with E-state index in [0.717, 1.165) is 34.8 Å². The van der Waals surface area contributed by atoms with Crippen LogP contribution in [0.1, 0.15) is 12.5 Å². The average Bonchev–Trinajstić information content (AvgIpc) is 2.96. The van der Waals surface area contributed by atoms with Crippen LogP contribution in [0.2, 0.25) is 0 Å². The van der Waals surface area contributed by atoms with Gasteiger partial charge in [-0.3, -0.25) is 4.18 Å². The molecule has 0 radical (unpaired) electrons. The molecule has 0 atom stereocenters. The molecule has 0 saturated heterocycles. The number of nitrogens with one attached hydrogen (secondary N) is 1. The number of phenols is 1. The Labute approximate surface area is 232 Å². The highest BCUT2D eigenvalue weighted by atomic mass is 32.2. The van der Waals surface area contributed by atoms with Gasteiger partial charge < -0.3 is 10.4 Å². The molecule has 0 aliphatic heterocycles. The van der Waals surface area contributed by atoms with Crippen LogP contribution < -0.4 is 5.32 Å². The fraction of sp³-hybridized carbons (Fsp3) is 0.133. The van der Waals surface area contributed by atoms with E-state index >= 15 is 0 Å². The van der Waals surface area contributed by atoms with Gasteiger partial charge in [0.05, 0.1) is 24.2 Å². The molecule has 9 nitrogen and oxygen atoms in total. The molecule has 202 valence electrons. The molecular weight excluding hydrogens is 526 g/mol. The number of hydrogen-bond donors (Lipinski definition) is 2. The number of aromatic hydroxyl groups is 1. The number of rotatable bonds is 8. The molecule has 0 aromatic heterocycles. The van der Waals surface area contributed by atoms with Crippen molar-refractivity contribution in [1.82, 2.24) is 0 Å². The molecule has 0 fully saturated rings. The van der Waals surface area contributed by atoms with Crippen molar-refractivity contribution in [1.29, 1.82) is 0 Å². The van der Waals surface area contributed by atoms with E-state index in [-0.39, 0.29) is 16.3 Å². The minimum absolute atomic E-state index is 0.206. The van der Waals surface area contributed by atoms with Crippen LogP contribution in [0.4, 0.5) is 28.4 Å². The quantitative estimate of drug-likeness (QED) is 0.147. The van der Waals surface area contributed by atoms with Gasteiger partial charge in [-0.05, 0) is 78.7 Å². The van der Waals surface area contributed by atoms with Crippen molar-refractivity contribution in [2.75, 3.05) is 19.0 Å². The first-order chi connectivity index (χ1) is 19.3. The minimum atomic E-state index is -4.20. The van der Waals surface area contributed by atoms with Gasteiger partial charge in [-0.15, -0.1) is 10.2 Å². The van der Waals surface area contributed by atoms with E-state index < -0.39 is 10.1 Å². The Morgan fingerprint density at radius 3 is 2.35 bits per heavy atom. The molecule has 0 bridgehead atoms. The Balaban J connectivity index is 1.49. The first kappa shape index (κ1) is 26.9. The third kappa shape index (κ3) is 5.40. The Morgan fingerprint density at radius 2 is 1.57 bits per heavy atom. The van der Waals surface area contributed by atoms with Gasteiger partial charge in [0.2, 0.25) is 0 Å². The van der Waals surface area contributed by atoms with Crippen molar-refractivity contribution in [3.63, 3.8) is 0 Å². The van der Waals surface area contributed by atoms with Gasteiger partial charge in [0.25, 0.3) is 10.1 Å². The Bertz CT molecular complexity index is 1900. The number of nitrogens with zero attached hydrogens (tertiary/aromatic N) is 4. The second-order valence-corrected chi connectivity index (χ2v) is 10.7. The van der Waals surface area contributed by atoms with Crippen LogP contribution >= 0.6 is 0 Å². The third-order valence-electron chi connectivity index (χ3n) is 6.40. The molecule has 0 aliphatic carbocycles. The van der Waals surface area contributed by atoms with Crippen molar-refractivity contribution in [2.24, 2.45) is 20.5 Å². The standard InChI is InChI=1S/C30H27N5O4S/c1-4-31-22-12-14-25-21(17-22)18-28(40(37,38)39-3)29(30(25)36)35-32-23-13-15-26(19(2)16-23)33-34-27-11-7-9-20-8-5-6-10-24(20)27/h5-18,31,36H,4H2,1-3H3. The first-order valence-corrected chi connectivity index (χ1v) is 14.0. The molecule has 40 heavy (non-hydrogen) atoms. The molecule has 5 aromatic rings. The summed E-state index contributed by atoms with van der Waals surface area (Å²) in [7, 11) is -3.14. The lowest BCUT2D eigenvalue weighted by Crippen LogP contribution is -2.03. The number of anilines is 1. The second-order valence-electron chi connectivity index (χ2n) is 9.03. The summed E-state index contributed by atoms with van der Waals surface area (Å²) in [5.41, 5.74) is 3.24. The average molecular weight is 554 g/mol. The lowest BCUT2D eigenvalue weighted by Gasteiger charge is -2.12. The van der Waals surface area contributed by atoms with Crippen molar-refractivity contribution >= 4 is 60.1 Å². The molecule has 0 aliphatic rings. The van der Waals surface area contributed by atoms with Gasteiger partial charge in [0.1, 0.15) is 10.6 Å². The maximum Gasteiger partial charge on any atom is 0.299 e. The minimum Gasteiger partial charge on any atom is -0.505 e. The summed E-state index contributed by atoms with van der Waals surface area (Å²) in [5.74, 6) is -0.308. The van der Waals surface area contributed by atoms with E-state index in [1.54, 1.807) is 36.4 Å². The Kier molecular flexibility index (Phi) is 7.54. The van der Waals surface area contributed by atoms with Gasteiger partial charge in [-0.25, -0.2) is 0 Å². The summed E-state index contributed by atoms with van der Waals surface area (Å²) in [6, 6.07) is 25.7. The lowest BCUT2D eigenvalue weighted by molar-refractivity contribution is 0.397. The van der Waals surface area contributed by atoms with Gasteiger partial charge >= 0.3 is 0 Å². The lowest BCUT2D eigenvalue weighted by atomic mass is 10.1. The zero-order valence-corrected chi connectivity index (χ0v) is 23.0. The number of azo groups is 2. The van der Waals surface area contributed by atoms with E-state index in [1.165, 1.54) is 6.07 Å². The zero-order valence-electron chi connectivity index (χ0n) is 22.2. The number of hydrogen-bond acceptors (Lipinski definition) is 9. The van der Waals surface area contributed by atoms with E-state index in [1.807, 2.05) is 56.3 Å². The molecule has 2 N–H and O–H groups in total. The van der Waals surface area contributed by atoms with Crippen LogP contribution in [0.3, 0.4) is 0 Å². The molecule has 0 amide bonds. The van der Waals surface area contributed by atoms with Crippen LogP contribution in [-0.2, 0) is 14.3 Å². The second kappa shape index (κ2) is 11.2. The molecule has 0 unspecified atom stereocenters. The van der Waals surface area contributed by atoms with E-state index in [9.17, 15) is 13.5 Å². The van der Waals surface area contributed by atoms with Crippen molar-refractivity contribution in [2.45, 2.75) is 18.7 Å². The van der Waals surface area contributed by atoms with Gasteiger partial charge in [0.15, 0.2) is 5.75 Å². The van der Waals surface area contributed by atoms with Crippen LogP contribution in [0, 0.1) is 6.92 Å². The van der Waals surface area contributed by atoms with Gasteiger partial charge in [-0.1, -0.05) is 36.4 Å². The normalized spacial score (nSPS) is 12.2. The van der Waals surface area contributed by atoms with E-state index in [2.05, 4.69) is 25.8 Å². The van der Waals surface area contributed by atoms with Crippen LogP contribution in [0.15, 0.2) is 110 Å². The summed E-state index contributed by atoms with van der Waals surface area (Å²) in [6.45, 7) is 4.51. The monoisotopic (exact) mass is 553 g/mol. The predicted molar refractivity (Wildman–Crippen MR) is 157 cm³/mol. The van der Waals surface area contributed by atoms with Crippen LogP contribution in [0.25, 0.3) is 21.5 Å². The molecule has 0 spiro atoms. The van der Waals surface area contributed by atoms with E-state index in [4.69, 9.17) is 4.18 Å². The number of benzene rings is 5. The van der Waals surface area contributed by atoms with Crippen molar-refractivity contribution in [3.05, 3.63) is 90.5 Å². The molecular formula is C30H27N5O4S. The fourth-order valence-electron chi connectivity index (χ4n) is 4.37. The summed E-state index contributed by atoms with van der Waals surface area (Å²) in [6.07, 6.45) is 0. The first-order valence-electron chi connectivity index (χ1n) is 12.6. The van der Waals surface area contributed by atoms with Crippen molar-refractivity contribution < 1.29 is 17.7 Å². The molecule has 10 heteroatoms. The fourth-order valence-corrected chi connectivity index (χ4v) is 5.19. The maximum absolute atomic E-state index is 12.7. The van der Waals surface area contributed by atoms with Crippen LogP contribution in [-0.4, -0.2) is 27.2 Å². The highest BCUT2D eigenvalue weighted by molar-refractivity contribution is 7.87. The molecule has 5 rings (SSSR count). The molecule has 5 aromatic carbocycles. The van der Waals surface area contributed by atoms with Crippen molar-refractivity contribution in [3.8, 4) is 5.75 Å². The van der Waals surface area contributed by atoms with Crippen LogP contribution in [0.5, 0.6) is 5.75 Å². The number of fused-ring (bicyclic) bond motifs is 2. The number of phenolic OH excluding ortho intramolecular Hbond substituents is 1. The Morgan fingerprint density at radius 1 is 0.800 bits per heavy atom. The molecule has 0 saturated carbocycles. The van der Waals surface area contributed by atoms with Gasteiger partial charge in [-0.2, -0.15) is 18.6 Å². The summed E-state index contributed by atoms with van der Waals surface area (Å²) < 4.78 is 30.2. The third-order valence-corrected chi connectivity index (χ3v) is 7.69. The number of aryl methyl sites for hydroxylation is 1. The molecule has 0 heterocycles. The zero-order chi connectivity index (χ0) is 28.3. The summed E-state index contributed by atoms with van der Waals surface area (Å²) in [5, 5.41) is 34.5. The summed E-state index contributed by atoms with van der Waals surface area (Å²) in [4.78, 5) is -0.283.